The second-order valence-electron chi connectivity index (χ2n) is 5.56. The van der Waals surface area contributed by atoms with Gasteiger partial charge < -0.3 is 0 Å². The third kappa shape index (κ3) is 3.26. The summed E-state index contributed by atoms with van der Waals surface area (Å²) >= 11 is 0. The fourth-order valence-corrected chi connectivity index (χ4v) is 2.52. The minimum atomic E-state index is -0.828. The van der Waals surface area contributed by atoms with Gasteiger partial charge in [0.1, 0.15) is 5.82 Å². The Labute approximate surface area is 132 Å². The summed E-state index contributed by atoms with van der Waals surface area (Å²) in [5, 5.41) is 2.16. The molecule has 0 saturated carbocycles. The number of aryl methyl sites for hydroxylation is 1. The summed E-state index contributed by atoms with van der Waals surface area (Å²) in [6.45, 7) is 6.36. The van der Waals surface area contributed by atoms with Crippen LogP contribution in [0.3, 0.4) is 0 Å². The van der Waals surface area contributed by atoms with Gasteiger partial charge in [0.25, 0.3) is 0 Å². The van der Waals surface area contributed by atoms with Crippen LogP contribution in [0.2, 0.25) is 0 Å². The van der Waals surface area contributed by atoms with Gasteiger partial charge in [0.15, 0.2) is 11.6 Å². The Morgan fingerprint density at radius 3 is 2.48 bits per heavy atom. The number of piperidine rings is 1. The third-order valence-corrected chi connectivity index (χ3v) is 3.87. The van der Waals surface area contributed by atoms with E-state index in [0.29, 0.717) is 0 Å². The van der Waals surface area contributed by atoms with Crippen molar-refractivity contribution in [3.63, 3.8) is 0 Å². The summed E-state index contributed by atoms with van der Waals surface area (Å²) < 4.78 is 13.7. The van der Waals surface area contributed by atoms with E-state index in [2.05, 4.69) is 11.9 Å². The SMILES string of the molecule is C=C(C(=O)c1cc(C)c(F)cc1C(C)=O)C1CCC(=O)NC1=O. The first-order valence-corrected chi connectivity index (χ1v) is 7.10. The number of Topliss-reactive ketones (excluding diaryl/α,β-unsaturated/α-hetero) is 2. The summed E-state index contributed by atoms with van der Waals surface area (Å²) in [4.78, 5) is 47.3. The topological polar surface area (TPSA) is 80.3 Å². The second kappa shape index (κ2) is 6.24. The van der Waals surface area contributed by atoms with E-state index in [4.69, 9.17) is 0 Å². The minimum Gasteiger partial charge on any atom is -0.296 e. The van der Waals surface area contributed by atoms with E-state index in [0.717, 1.165) is 6.07 Å². The molecule has 1 heterocycles. The van der Waals surface area contributed by atoms with E-state index in [-0.39, 0.29) is 35.1 Å². The molecular formula is C17H16FNO4. The third-order valence-electron chi connectivity index (χ3n) is 3.87. The Bertz CT molecular complexity index is 751. The van der Waals surface area contributed by atoms with Crippen molar-refractivity contribution in [3.05, 3.63) is 46.8 Å². The molecule has 1 atom stereocenters. The Morgan fingerprint density at radius 1 is 1.26 bits per heavy atom. The van der Waals surface area contributed by atoms with Crippen molar-refractivity contribution < 1.29 is 23.6 Å². The van der Waals surface area contributed by atoms with Crippen LogP contribution in [0.25, 0.3) is 0 Å². The molecule has 0 bridgehead atoms. The smallest absolute Gasteiger partial charge is 0.234 e. The van der Waals surface area contributed by atoms with Crippen LogP contribution in [0.1, 0.15) is 46.0 Å². The Balaban J connectivity index is 2.38. The number of imide groups is 1. The van der Waals surface area contributed by atoms with Crippen LogP contribution in [0.4, 0.5) is 4.39 Å². The van der Waals surface area contributed by atoms with Gasteiger partial charge in [-0.2, -0.15) is 0 Å². The average molecular weight is 317 g/mol. The lowest BCUT2D eigenvalue weighted by molar-refractivity contribution is -0.135. The van der Waals surface area contributed by atoms with Gasteiger partial charge in [0.05, 0.1) is 5.92 Å². The van der Waals surface area contributed by atoms with E-state index in [1.54, 1.807) is 0 Å². The number of hydrogen-bond acceptors (Lipinski definition) is 4. The molecule has 1 aliphatic heterocycles. The van der Waals surface area contributed by atoms with E-state index in [9.17, 15) is 23.6 Å². The maximum Gasteiger partial charge on any atom is 0.234 e. The fourth-order valence-electron chi connectivity index (χ4n) is 2.52. The van der Waals surface area contributed by atoms with Crippen LogP contribution >= 0.6 is 0 Å². The van der Waals surface area contributed by atoms with E-state index >= 15 is 0 Å². The normalized spacial score (nSPS) is 17.6. The molecule has 5 nitrogen and oxygen atoms in total. The van der Waals surface area contributed by atoms with Crippen LogP contribution in [0.5, 0.6) is 0 Å². The van der Waals surface area contributed by atoms with Crippen LogP contribution in [0, 0.1) is 18.7 Å². The van der Waals surface area contributed by atoms with Gasteiger partial charge in [-0.05, 0) is 38.0 Å². The number of halogens is 1. The molecule has 0 aliphatic carbocycles. The number of benzene rings is 1. The highest BCUT2D eigenvalue weighted by atomic mass is 19.1. The molecule has 1 fully saturated rings. The lowest BCUT2D eigenvalue weighted by Crippen LogP contribution is -2.42. The summed E-state index contributed by atoms with van der Waals surface area (Å²) in [5.41, 5.74) is 0.176. The molecule has 2 rings (SSSR count). The monoisotopic (exact) mass is 317 g/mol. The molecule has 1 aliphatic rings. The van der Waals surface area contributed by atoms with Crippen molar-refractivity contribution in [3.8, 4) is 0 Å². The van der Waals surface area contributed by atoms with Crippen molar-refractivity contribution in [1.82, 2.24) is 5.32 Å². The maximum absolute atomic E-state index is 13.7. The lowest BCUT2D eigenvalue weighted by atomic mass is 9.85. The van der Waals surface area contributed by atoms with Crippen molar-refractivity contribution in [1.29, 1.82) is 0 Å². The minimum absolute atomic E-state index is 0.0106. The summed E-state index contributed by atoms with van der Waals surface area (Å²) in [6.07, 6.45) is 0.301. The summed E-state index contributed by atoms with van der Waals surface area (Å²) in [5.74, 6) is -3.43. The zero-order chi connectivity index (χ0) is 17.3. The maximum atomic E-state index is 13.7. The molecule has 120 valence electrons. The largest absolute Gasteiger partial charge is 0.296 e. The number of ketones is 2. The second-order valence-corrected chi connectivity index (χ2v) is 5.56. The molecule has 1 aromatic carbocycles. The molecule has 0 radical (unpaired) electrons. The van der Waals surface area contributed by atoms with Crippen LogP contribution in [-0.4, -0.2) is 23.4 Å². The lowest BCUT2D eigenvalue weighted by Gasteiger charge is -2.22. The summed E-state index contributed by atoms with van der Waals surface area (Å²) in [6, 6.07) is 2.30. The Morgan fingerprint density at radius 2 is 1.91 bits per heavy atom. The van der Waals surface area contributed by atoms with Gasteiger partial charge in [-0.1, -0.05) is 6.58 Å². The Hall–Kier alpha value is -2.63. The first-order chi connectivity index (χ1) is 10.7. The van der Waals surface area contributed by atoms with Gasteiger partial charge in [0.2, 0.25) is 11.8 Å². The standard InChI is InChI=1S/C17H16FNO4/c1-8-6-13(12(10(3)20)7-14(8)18)16(22)9(2)11-4-5-15(21)19-17(11)23/h6-7,11H,2,4-5H2,1,3H3,(H,19,21,23). The van der Waals surface area contributed by atoms with E-state index < -0.39 is 35.1 Å². The first-order valence-electron chi connectivity index (χ1n) is 7.10. The van der Waals surface area contributed by atoms with Gasteiger partial charge >= 0.3 is 0 Å². The molecule has 1 N–H and O–H groups in total. The molecule has 1 saturated heterocycles. The number of rotatable bonds is 4. The molecule has 0 spiro atoms. The van der Waals surface area contributed by atoms with E-state index in [1.165, 1.54) is 19.9 Å². The van der Waals surface area contributed by atoms with Crippen LogP contribution < -0.4 is 5.32 Å². The molecule has 1 unspecified atom stereocenters. The quantitative estimate of drug-likeness (QED) is 0.524. The van der Waals surface area contributed by atoms with Gasteiger partial charge in [0, 0.05) is 23.1 Å². The van der Waals surface area contributed by atoms with E-state index in [1.807, 2.05) is 0 Å². The molecular weight excluding hydrogens is 301 g/mol. The van der Waals surface area contributed by atoms with Crippen molar-refractivity contribution in [2.24, 2.45) is 5.92 Å². The zero-order valence-electron chi connectivity index (χ0n) is 12.9. The molecule has 1 aromatic rings. The number of hydrogen-bond donors (Lipinski definition) is 1. The van der Waals surface area contributed by atoms with Crippen molar-refractivity contribution in [2.75, 3.05) is 0 Å². The first kappa shape index (κ1) is 16.7. The van der Waals surface area contributed by atoms with Crippen LogP contribution in [-0.2, 0) is 9.59 Å². The average Bonchev–Trinajstić information content (AvgIpc) is 2.48. The summed E-state index contributed by atoms with van der Waals surface area (Å²) in [7, 11) is 0. The highest BCUT2D eigenvalue weighted by molar-refractivity contribution is 6.17. The molecule has 2 amide bonds. The predicted molar refractivity (Wildman–Crippen MR) is 80.5 cm³/mol. The van der Waals surface area contributed by atoms with Crippen LogP contribution in [0.15, 0.2) is 24.3 Å². The fraction of sp³-hybridized carbons (Fsp3) is 0.294. The molecule has 0 aromatic heterocycles. The number of carbonyl (C=O) groups is 4. The number of carbonyl (C=O) groups excluding carboxylic acids is 4. The molecule has 23 heavy (non-hydrogen) atoms. The van der Waals surface area contributed by atoms with Crippen molar-refractivity contribution in [2.45, 2.75) is 26.7 Å². The van der Waals surface area contributed by atoms with Crippen molar-refractivity contribution >= 4 is 23.4 Å². The van der Waals surface area contributed by atoms with Gasteiger partial charge in [-0.15, -0.1) is 0 Å². The highest BCUT2D eigenvalue weighted by Crippen LogP contribution is 2.26. The zero-order valence-corrected chi connectivity index (χ0v) is 12.9. The van der Waals surface area contributed by atoms with Gasteiger partial charge in [-0.3, -0.25) is 24.5 Å². The number of amides is 2. The highest BCUT2D eigenvalue weighted by Gasteiger charge is 2.33. The molecule has 6 heteroatoms. The number of nitrogens with one attached hydrogen (secondary N) is 1. The Kier molecular flexibility index (Phi) is 4.54. The van der Waals surface area contributed by atoms with Gasteiger partial charge in [-0.25, -0.2) is 4.39 Å². The predicted octanol–water partition coefficient (Wildman–Crippen LogP) is 2.13.